The molecule has 2 aromatic heterocycles. The third-order valence-electron chi connectivity index (χ3n) is 6.64. The van der Waals surface area contributed by atoms with Gasteiger partial charge in [0.15, 0.2) is 0 Å². The second-order valence-electron chi connectivity index (χ2n) is 9.44. The SMILES string of the molecule is C=CC(=O)N(C)[C@@H](C)c1nc(-c2cccc(C(=O)Nc3ccc(C(C)C)c(C)c3)c2)c2c(N)nccn12. The topological polar surface area (TPSA) is 106 Å². The summed E-state index contributed by atoms with van der Waals surface area (Å²) in [5.41, 5.74) is 11.8. The lowest BCUT2D eigenvalue weighted by molar-refractivity contribution is -0.126. The summed E-state index contributed by atoms with van der Waals surface area (Å²) in [4.78, 5) is 36.0. The maximum Gasteiger partial charge on any atom is 0.255 e. The molecule has 0 saturated carbocycles. The molecular weight excluding hydrogens is 464 g/mol. The van der Waals surface area contributed by atoms with E-state index in [1.807, 2.05) is 42.5 Å². The molecule has 37 heavy (non-hydrogen) atoms. The van der Waals surface area contributed by atoms with Crippen molar-refractivity contribution in [3.05, 3.63) is 90.0 Å². The fourth-order valence-electron chi connectivity index (χ4n) is 4.50. The number of aryl methyl sites for hydroxylation is 1. The Bertz CT molecular complexity index is 1500. The van der Waals surface area contributed by atoms with Crippen molar-refractivity contribution < 1.29 is 9.59 Å². The number of anilines is 2. The van der Waals surface area contributed by atoms with Crippen molar-refractivity contribution in [3.8, 4) is 11.3 Å². The molecule has 0 radical (unpaired) electrons. The van der Waals surface area contributed by atoms with Gasteiger partial charge in [-0.1, -0.05) is 38.6 Å². The van der Waals surface area contributed by atoms with Crippen LogP contribution in [0.4, 0.5) is 11.5 Å². The number of rotatable bonds is 7. The summed E-state index contributed by atoms with van der Waals surface area (Å²) < 4.78 is 1.83. The van der Waals surface area contributed by atoms with E-state index in [-0.39, 0.29) is 17.9 Å². The Balaban J connectivity index is 1.71. The van der Waals surface area contributed by atoms with Crippen LogP contribution >= 0.6 is 0 Å². The van der Waals surface area contributed by atoms with Gasteiger partial charge in [0.1, 0.15) is 22.9 Å². The molecule has 3 N–H and O–H groups in total. The number of fused-ring (bicyclic) bond motifs is 1. The second kappa shape index (κ2) is 10.3. The van der Waals surface area contributed by atoms with Gasteiger partial charge in [0, 0.05) is 36.3 Å². The van der Waals surface area contributed by atoms with Crippen molar-refractivity contribution in [1.29, 1.82) is 0 Å². The molecule has 0 spiro atoms. The van der Waals surface area contributed by atoms with Crippen molar-refractivity contribution in [2.75, 3.05) is 18.1 Å². The number of hydrogen-bond acceptors (Lipinski definition) is 5. The molecule has 0 aliphatic rings. The average Bonchev–Trinajstić information content (AvgIpc) is 3.28. The van der Waals surface area contributed by atoms with Crippen LogP contribution in [0.3, 0.4) is 0 Å². The van der Waals surface area contributed by atoms with Gasteiger partial charge >= 0.3 is 0 Å². The minimum Gasteiger partial charge on any atom is -0.382 e. The van der Waals surface area contributed by atoms with Crippen LogP contribution in [0.15, 0.2) is 67.5 Å². The molecule has 8 nitrogen and oxygen atoms in total. The number of nitrogen functional groups attached to an aromatic ring is 1. The average molecular weight is 497 g/mol. The summed E-state index contributed by atoms with van der Waals surface area (Å²) >= 11 is 0. The van der Waals surface area contributed by atoms with E-state index >= 15 is 0 Å². The molecule has 0 aliphatic heterocycles. The van der Waals surface area contributed by atoms with Gasteiger partial charge in [0.2, 0.25) is 5.91 Å². The van der Waals surface area contributed by atoms with Gasteiger partial charge in [-0.2, -0.15) is 0 Å². The number of benzene rings is 2. The molecule has 0 fully saturated rings. The number of aromatic nitrogens is 3. The molecule has 4 aromatic rings. The molecule has 2 heterocycles. The zero-order valence-electron chi connectivity index (χ0n) is 21.8. The van der Waals surface area contributed by atoms with Crippen molar-refractivity contribution in [1.82, 2.24) is 19.3 Å². The van der Waals surface area contributed by atoms with E-state index < -0.39 is 0 Å². The summed E-state index contributed by atoms with van der Waals surface area (Å²) in [6.07, 6.45) is 4.62. The third kappa shape index (κ3) is 4.95. The van der Waals surface area contributed by atoms with E-state index in [1.165, 1.54) is 11.6 Å². The van der Waals surface area contributed by atoms with E-state index in [0.29, 0.717) is 39.9 Å². The van der Waals surface area contributed by atoms with Crippen molar-refractivity contribution in [2.45, 2.75) is 39.7 Å². The second-order valence-corrected chi connectivity index (χ2v) is 9.44. The summed E-state index contributed by atoms with van der Waals surface area (Å²) in [6, 6.07) is 12.8. The maximum absolute atomic E-state index is 13.1. The van der Waals surface area contributed by atoms with E-state index in [4.69, 9.17) is 10.7 Å². The van der Waals surface area contributed by atoms with E-state index in [2.05, 4.69) is 36.8 Å². The number of nitrogens with zero attached hydrogens (tertiary/aromatic N) is 4. The first-order valence-electron chi connectivity index (χ1n) is 12.2. The Hall–Kier alpha value is -4.46. The Morgan fingerprint density at radius 2 is 1.92 bits per heavy atom. The molecule has 4 rings (SSSR count). The van der Waals surface area contributed by atoms with Crippen LogP contribution in [0.25, 0.3) is 16.8 Å². The maximum atomic E-state index is 13.1. The molecule has 2 amide bonds. The quantitative estimate of drug-likeness (QED) is 0.335. The normalized spacial score (nSPS) is 11.9. The molecule has 0 aliphatic carbocycles. The van der Waals surface area contributed by atoms with E-state index in [9.17, 15) is 9.59 Å². The van der Waals surface area contributed by atoms with Crippen molar-refractivity contribution in [2.24, 2.45) is 0 Å². The van der Waals surface area contributed by atoms with Crippen LogP contribution in [-0.2, 0) is 4.79 Å². The Labute approximate surface area is 216 Å². The highest BCUT2D eigenvalue weighted by atomic mass is 16.2. The lowest BCUT2D eigenvalue weighted by atomic mass is 9.97. The van der Waals surface area contributed by atoms with Gasteiger partial charge in [0.25, 0.3) is 5.91 Å². The van der Waals surface area contributed by atoms with Crippen LogP contribution in [-0.4, -0.2) is 38.1 Å². The Morgan fingerprint density at radius 1 is 1.16 bits per heavy atom. The summed E-state index contributed by atoms with van der Waals surface area (Å²) in [5.74, 6) is 0.890. The number of amides is 2. The number of hydrogen-bond donors (Lipinski definition) is 2. The van der Waals surface area contributed by atoms with Crippen LogP contribution < -0.4 is 11.1 Å². The summed E-state index contributed by atoms with van der Waals surface area (Å²) in [6.45, 7) is 11.8. The minimum atomic E-state index is -0.364. The highest BCUT2D eigenvalue weighted by Crippen LogP contribution is 2.32. The molecule has 2 aromatic carbocycles. The number of carbonyl (C=O) groups excluding carboxylic acids is 2. The van der Waals surface area contributed by atoms with Crippen molar-refractivity contribution >= 4 is 28.8 Å². The van der Waals surface area contributed by atoms with Gasteiger partial charge in [-0.25, -0.2) is 9.97 Å². The van der Waals surface area contributed by atoms with Gasteiger partial charge in [-0.3, -0.25) is 14.0 Å². The molecule has 190 valence electrons. The van der Waals surface area contributed by atoms with Crippen LogP contribution in [0.1, 0.15) is 60.0 Å². The van der Waals surface area contributed by atoms with Gasteiger partial charge in [-0.15, -0.1) is 0 Å². The minimum absolute atomic E-state index is 0.219. The monoisotopic (exact) mass is 496 g/mol. The van der Waals surface area contributed by atoms with Crippen LogP contribution in [0, 0.1) is 6.92 Å². The number of carbonyl (C=O) groups is 2. The standard InChI is InChI=1S/C29H32N6O2/c1-7-24(36)34(6)19(5)28-33-25(26-27(30)31-13-14-35(26)28)20-9-8-10-21(16-20)29(37)32-22-11-12-23(17(2)3)18(4)15-22/h7-17,19H,1H2,2-6H3,(H2,30,31)(H,32,37)/t19-/m0/s1. The smallest absolute Gasteiger partial charge is 0.255 e. The van der Waals surface area contributed by atoms with Gasteiger partial charge in [0.05, 0.1) is 6.04 Å². The number of likely N-dealkylation sites (N-methyl/N-ethyl adjacent to an activating group) is 1. The molecule has 0 bridgehead atoms. The zero-order valence-corrected chi connectivity index (χ0v) is 21.8. The van der Waals surface area contributed by atoms with E-state index in [1.54, 1.807) is 36.5 Å². The number of nitrogens with one attached hydrogen (secondary N) is 1. The first-order valence-corrected chi connectivity index (χ1v) is 12.2. The molecule has 0 saturated heterocycles. The third-order valence-corrected chi connectivity index (χ3v) is 6.64. The number of imidazole rings is 1. The fraction of sp³-hybridized carbons (Fsp3) is 0.241. The van der Waals surface area contributed by atoms with E-state index in [0.717, 1.165) is 11.3 Å². The summed E-state index contributed by atoms with van der Waals surface area (Å²) in [5, 5.41) is 2.99. The molecule has 8 heteroatoms. The molecular formula is C29H32N6O2. The highest BCUT2D eigenvalue weighted by molar-refractivity contribution is 6.05. The first kappa shape index (κ1) is 25.6. The number of nitrogens with two attached hydrogens (primary N) is 1. The molecule has 1 atom stereocenters. The van der Waals surface area contributed by atoms with Crippen molar-refractivity contribution in [3.63, 3.8) is 0 Å². The highest BCUT2D eigenvalue weighted by Gasteiger charge is 2.24. The Morgan fingerprint density at radius 3 is 2.59 bits per heavy atom. The van der Waals surface area contributed by atoms with Crippen LogP contribution in [0.2, 0.25) is 0 Å². The predicted molar refractivity (Wildman–Crippen MR) is 147 cm³/mol. The zero-order chi connectivity index (χ0) is 26.9. The van der Waals surface area contributed by atoms with Crippen LogP contribution in [0.5, 0.6) is 0 Å². The van der Waals surface area contributed by atoms with Gasteiger partial charge in [-0.05, 0) is 61.2 Å². The predicted octanol–water partition coefficient (Wildman–Crippen LogP) is 5.37. The lowest BCUT2D eigenvalue weighted by Gasteiger charge is -2.22. The largest absolute Gasteiger partial charge is 0.382 e. The molecule has 0 unspecified atom stereocenters. The lowest BCUT2D eigenvalue weighted by Crippen LogP contribution is -2.29. The fourth-order valence-corrected chi connectivity index (χ4v) is 4.50. The Kier molecular flexibility index (Phi) is 7.11. The first-order chi connectivity index (χ1) is 17.6. The van der Waals surface area contributed by atoms with Gasteiger partial charge < -0.3 is 16.0 Å². The summed E-state index contributed by atoms with van der Waals surface area (Å²) in [7, 11) is 1.69.